The van der Waals surface area contributed by atoms with Crippen LogP contribution in [0.4, 0.5) is 5.69 Å². The second kappa shape index (κ2) is 9.38. The van der Waals surface area contributed by atoms with E-state index in [0.29, 0.717) is 39.9 Å². The van der Waals surface area contributed by atoms with Gasteiger partial charge in [0.15, 0.2) is 10.7 Å². The predicted molar refractivity (Wildman–Crippen MR) is 130 cm³/mol. The number of ether oxygens (including phenoxy) is 1. The number of anilines is 1. The zero-order valence-electron chi connectivity index (χ0n) is 17.4. The van der Waals surface area contributed by atoms with Crippen molar-refractivity contribution in [2.45, 2.75) is 13.8 Å². The lowest BCUT2D eigenvalue weighted by Crippen LogP contribution is -2.34. The third-order valence-electron chi connectivity index (χ3n) is 4.72. The molecule has 0 aliphatic rings. The highest BCUT2D eigenvalue weighted by Crippen LogP contribution is 2.27. The van der Waals surface area contributed by atoms with Gasteiger partial charge in [-0.25, -0.2) is 4.98 Å². The van der Waals surface area contributed by atoms with Crippen molar-refractivity contribution < 1.29 is 13.9 Å². The molecule has 4 aromatic rings. The SMILES string of the molecule is CCOc1ccc(-c2nc3cc(NC(=S)NC(=O)c4ccc(C)c(Cl)c4)ccc3o2)cc1. The zero-order chi connectivity index (χ0) is 22.7. The molecule has 8 heteroatoms. The molecule has 0 spiro atoms. The highest BCUT2D eigenvalue weighted by molar-refractivity contribution is 7.80. The zero-order valence-corrected chi connectivity index (χ0v) is 19.0. The van der Waals surface area contributed by atoms with Crippen LogP contribution in [0.2, 0.25) is 5.02 Å². The minimum Gasteiger partial charge on any atom is -0.494 e. The van der Waals surface area contributed by atoms with Crippen molar-refractivity contribution in [1.29, 1.82) is 0 Å². The Kier molecular flexibility index (Phi) is 6.39. The van der Waals surface area contributed by atoms with Crippen LogP contribution in [0, 0.1) is 6.92 Å². The maximum Gasteiger partial charge on any atom is 0.257 e. The number of aromatic nitrogens is 1. The maximum absolute atomic E-state index is 12.4. The van der Waals surface area contributed by atoms with Gasteiger partial charge in [0, 0.05) is 21.8 Å². The first-order chi connectivity index (χ1) is 15.4. The minimum absolute atomic E-state index is 0.168. The van der Waals surface area contributed by atoms with E-state index in [0.717, 1.165) is 16.9 Å². The first-order valence-corrected chi connectivity index (χ1v) is 10.7. The van der Waals surface area contributed by atoms with Crippen molar-refractivity contribution in [3.05, 3.63) is 76.8 Å². The van der Waals surface area contributed by atoms with Gasteiger partial charge in [0.2, 0.25) is 5.89 Å². The molecule has 1 heterocycles. The molecule has 0 aliphatic carbocycles. The molecule has 1 aromatic heterocycles. The molecule has 4 rings (SSSR count). The normalized spacial score (nSPS) is 10.7. The smallest absolute Gasteiger partial charge is 0.257 e. The van der Waals surface area contributed by atoms with Gasteiger partial charge in [-0.1, -0.05) is 17.7 Å². The van der Waals surface area contributed by atoms with Crippen molar-refractivity contribution in [3.8, 4) is 17.2 Å². The van der Waals surface area contributed by atoms with E-state index in [1.165, 1.54) is 0 Å². The predicted octanol–water partition coefficient (Wildman–Crippen LogP) is 5.98. The molecule has 6 nitrogen and oxygen atoms in total. The van der Waals surface area contributed by atoms with Gasteiger partial charge < -0.3 is 14.5 Å². The molecule has 162 valence electrons. The number of hydrogen-bond donors (Lipinski definition) is 2. The van der Waals surface area contributed by atoms with Crippen molar-refractivity contribution >= 4 is 51.6 Å². The van der Waals surface area contributed by atoms with Crippen molar-refractivity contribution in [2.75, 3.05) is 11.9 Å². The summed E-state index contributed by atoms with van der Waals surface area (Å²) in [4.78, 5) is 17.0. The molecular formula is C24H20ClN3O3S. The minimum atomic E-state index is -0.343. The summed E-state index contributed by atoms with van der Waals surface area (Å²) in [6.07, 6.45) is 0. The molecular weight excluding hydrogens is 446 g/mol. The van der Waals surface area contributed by atoms with Crippen LogP contribution in [0.25, 0.3) is 22.6 Å². The number of aryl methyl sites for hydroxylation is 1. The Morgan fingerprint density at radius 2 is 1.91 bits per heavy atom. The lowest BCUT2D eigenvalue weighted by atomic mass is 10.1. The first kappa shape index (κ1) is 21.8. The van der Waals surface area contributed by atoms with E-state index in [-0.39, 0.29) is 11.0 Å². The van der Waals surface area contributed by atoms with Crippen molar-refractivity contribution in [2.24, 2.45) is 0 Å². The molecule has 1 amide bonds. The van der Waals surface area contributed by atoms with Crippen LogP contribution in [0.1, 0.15) is 22.8 Å². The lowest BCUT2D eigenvalue weighted by molar-refractivity contribution is 0.0977. The van der Waals surface area contributed by atoms with Crippen LogP contribution in [-0.4, -0.2) is 22.6 Å². The Balaban J connectivity index is 1.45. The monoisotopic (exact) mass is 465 g/mol. The Hall–Kier alpha value is -3.42. The summed E-state index contributed by atoms with van der Waals surface area (Å²) >= 11 is 11.4. The number of oxazole rings is 1. The number of amides is 1. The van der Waals surface area contributed by atoms with Crippen LogP contribution in [-0.2, 0) is 0 Å². The maximum atomic E-state index is 12.4. The summed E-state index contributed by atoms with van der Waals surface area (Å²) in [5.41, 5.74) is 4.16. The van der Waals surface area contributed by atoms with Gasteiger partial charge in [-0.05, 0) is 86.2 Å². The number of nitrogens with one attached hydrogen (secondary N) is 2. The fourth-order valence-corrected chi connectivity index (χ4v) is 3.45. The molecule has 0 aliphatic heterocycles. The summed E-state index contributed by atoms with van der Waals surface area (Å²) in [7, 11) is 0. The summed E-state index contributed by atoms with van der Waals surface area (Å²) < 4.78 is 11.3. The summed E-state index contributed by atoms with van der Waals surface area (Å²) in [6, 6.07) is 18.1. The largest absolute Gasteiger partial charge is 0.494 e. The molecule has 0 unspecified atom stereocenters. The van der Waals surface area contributed by atoms with Gasteiger partial charge in [0.25, 0.3) is 5.91 Å². The van der Waals surface area contributed by atoms with E-state index in [1.807, 2.05) is 38.1 Å². The number of halogens is 1. The molecule has 0 atom stereocenters. The van der Waals surface area contributed by atoms with Crippen molar-refractivity contribution in [1.82, 2.24) is 10.3 Å². The fraction of sp³-hybridized carbons (Fsp3) is 0.125. The van der Waals surface area contributed by atoms with E-state index in [4.69, 9.17) is 33.0 Å². The molecule has 0 saturated carbocycles. The first-order valence-electron chi connectivity index (χ1n) is 9.95. The van der Waals surface area contributed by atoms with Gasteiger partial charge in [0.05, 0.1) is 6.61 Å². The molecule has 0 radical (unpaired) electrons. The number of rotatable bonds is 5. The Bertz CT molecular complexity index is 1300. The average Bonchev–Trinajstić information content (AvgIpc) is 3.19. The number of benzene rings is 3. The summed E-state index contributed by atoms with van der Waals surface area (Å²) in [6.45, 7) is 4.42. The van der Waals surface area contributed by atoms with Crippen molar-refractivity contribution in [3.63, 3.8) is 0 Å². The molecule has 32 heavy (non-hydrogen) atoms. The number of carbonyl (C=O) groups is 1. The van der Waals surface area contributed by atoms with E-state index < -0.39 is 0 Å². The van der Waals surface area contributed by atoms with Gasteiger partial charge in [0.1, 0.15) is 11.3 Å². The highest BCUT2D eigenvalue weighted by Gasteiger charge is 2.12. The number of thiocarbonyl (C=S) groups is 1. The molecule has 0 saturated heterocycles. The third kappa shape index (κ3) is 4.90. The van der Waals surface area contributed by atoms with Crippen LogP contribution in [0.3, 0.4) is 0 Å². The summed E-state index contributed by atoms with van der Waals surface area (Å²) in [5.74, 6) is 0.958. The Morgan fingerprint density at radius 1 is 1.12 bits per heavy atom. The number of fused-ring (bicyclic) bond motifs is 1. The standard InChI is InChI=1S/C24H20ClN3O3S/c1-3-30-18-9-6-15(7-10-18)23-27-20-13-17(8-11-21(20)31-23)26-24(32)28-22(29)16-5-4-14(2)19(25)12-16/h4-13H,3H2,1-2H3,(H2,26,28,29,32). The van der Waals surface area contributed by atoms with E-state index in [2.05, 4.69) is 15.6 Å². The van der Waals surface area contributed by atoms with Crippen LogP contribution >= 0.6 is 23.8 Å². The summed E-state index contributed by atoms with van der Waals surface area (Å²) in [5, 5.41) is 6.34. The molecule has 2 N–H and O–H groups in total. The number of nitrogens with zero attached hydrogens (tertiary/aromatic N) is 1. The van der Waals surface area contributed by atoms with Gasteiger partial charge in [-0.15, -0.1) is 0 Å². The Labute approximate surface area is 195 Å². The number of hydrogen-bond acceptors (Lipinski definition) is 5. The molecule has 0 bridgehead atoms. The van der Waals surface area contributed by atoms with E-state index in [1.54, 1.807) is 36.4 Å². The Morgan fingerprint density at radius 3 is 2.62 bits per heavy atom. The van der Waals surface area contributed by atoms with Crippen LogP contribution in [0.15, 0.2) is 65.1 Å². The van der Waals surface area contributed by atoms with Gasteiger partial charge in [-0.3, -0.25) is 10.1 Å². The van der Waals surface area contributed by atoms with Crippen LogP contribution in [0.5, 0.6) is 5.75 Å². The van der Waals surface area contributed by atoms with Gasteiger partial charge >= 0.3 is 0 Å². The van der Waals surface area contributed by atoms with E-state index in [9.17, 15) is 4.79 Å². The average molecular weight is 466 g/mol. The molecule has 0 fully saturated rings. The second-order valence-electron chi connectivity index (χ2n) is 7.03. The van der Waals surface area contributed by atoms with E-state index >= 15 is 0 Å². The van der Waals surface area contributed by atoms with Crippen LogP contribution < -0.4 is 15.4 Å². The second-order valence-corrected chi connectivity index (χ2v) is 7.85. The topological polar surface area (TPSA) is 76.4 Å². The quantitative estimate of drug-likeness (QED) is 0.353. The molecule has 3 aromatic carbocycles. The number of carbonyl (C=O) groups excluding carboxylic acids is 1. The van der Waals surface area contributed by atoms with Gasteiger partial charge in [-0.2, -0.15) is 0 Å². The highest BCUT2D eigenvalue weighted by atomic mass is 35.5. The lowest BCUT2D eigenvalue weighted by Gasteiger charge is -2.10. The third-order valence-corrected chi connectivity index (χ3v) is 5.33. The fourth-order valence-electron chi connectivity index (χ4n) is 3.06.